The van der Waals surface area contributed by atoms with Crippen molar-refractivity contribution >= 4 is 97.2 Å². The first-order chi connectivity index (χ1) is 42.8. The molecule has 22 heteroatoms. The van der Waals surface area contributed by atoms with Gasteiger partial charge in [0.1, 0.15) is 31.2 Å². The Labute approximate surface area is 551 Å². The number of nitrogens with zero attached hydrogens (tertiary/aromatic N) is 2. The van der Waals surface area contributed by atoms with Gasteiger partial charge in [0.25, 0.3) is 11.8 Å². The fourth-order valence-electron chi connectivity index (χ4n) is 15.2. The standard InChI is InChI=1S/C34H45ClN2O6S2.C34H43ClN2O6S2.CH4/c2*1-44(39)17-5-3-4-8-31(42-16-18-45(2,40)41)28-12-9-26(28)21-37-22-34(15-6-7-24-19-27(35)11-13-29(24)34)23-43-32-14-10-25(20-30(32)37)33(38)36-44;/h10-11,13-14,19-20,26,28,31H,1,3-9,12,15-18,21-23H2,2H3,(H,36,38,39);4,8,10-11,13-14,19-20,26,28,31H,1,3,5-7,9,12,15-18,21-23H2,2H3,(H,36,38,39);1H4/b;8-4+;/t2*26-,28+,31+,34-,44?;/m00./s1. The predicted octanol–water partition coefficient (Wildman–Crippen LogP) is 10.8. The number of sulfone groups is 2. The van der Waals surface area contributed by atoms with E-state index in [9.17, 15) is 34.8 Å². The van der Waals surface area contributed by atoms with Crippen LogP contribution in [-0.2, 0) is 72.2 Å². The topological polar surface area (TPSA) is 204 Å². The maximum Gasteiger partial charge on any atom is 0.262 e. The number of aryl methyl sites for hydroxylation is 2. The van der Waals surface area contributed by atoms with E-state index in [1.54, 1.807) is 12.1 Å². The number of amides is 2. The van der Waals surface area contributed by atoms with Crippen molar-refractivity contribution in [2.75, 3.05) is 97.9 Å². The van der Waals surface area contributed by atoms with Gasteiger partial charge in [-0.25, -0.2) is 25.3 Å². The lowest BCUT2D eigenvalue weighted by Crippen LogP contribution is -2.50. The summed E-state index contributed by atoms with van der Waals surface area (Å²) in [5.74, 6) is 10.1. The van der Waals surface area contributed by atoms with Crippen LogP contribution in [0, 0.1) is 23.7 Å². The van der Waals surface area contributed by atoms with Crippen LogP contribution in [0.5, 0.6) is 11.5 Å². The molecule has 0 radical (unpaired) electrons. The minimum Gasteiger partial charge on any atom is -0.490 e. The van der Waals surface area contributed by atoms with Gasteiger partial charge in [-0.1, -0.05) is 67.8 Å². The number of fused-ring (bicyclic) bond motifs is 8. The van der Waals surface area contributed by atoms with E-state index in [-0.39, 0.29) is 72.8 Å². The third-order valence-electron chi connectivity index (χ3n) is 20.1. The van der Waals surface area contributed by atoms with Crippen molar-refractivity contribution in [3.8, 4) is 11.5 Å². The number of hydrogen-bond donors (Lipinski definition) is 2. The molecule has 10 atom stereocenters. The van der Waals surface area contributed by atoms with E-state index < -0.39 is 45.0 Å². The molecule has 12 rings (SSSR count). The van der Waals surface area contributed by atoms with Crippen LogP contribution in [0.25, 0.3) is 0 Å². The van der Waals surface area contributed by atoms with Gasteiger partial charge in [0.05, 0.1) is 61.5 Å². The zero-order valence-corrected chi connectivity index (χ0v) is 56.7. The lowest BCUT2D eigenvalue weighted by Gasteiger charge is -2.46. The molecule has 91 heavy (non-hydrogen) atoms. The molecule has 2 N–H and O–H groups in total. The minimum absolute atomic E-state index is 0. The minimum atomic E-state index is -3.15. The lowest BCUT2D eigenvalue weighted by atomic mass is 9.68. The molecule has 4 aliphatic heterocycles. The van der Waals surface area contributed by atoms with Gasteiger partial charge in [-0.05, 0) is 208 Å². The number of allylic oxidation sites excluding steroid dienone is 1. The molecule has 8 aliphatic rings. The van der Waals surface area contributed by atoms with Crippen LogP contribution in [0.1, 0.15) is 140 Å². The van der Waals surface area contributed by atoms with E-state index in [2.05, 4.69) is 61.3 Å². The Hall–Kier alpha value is -4.80. The van der Waals surface area contributed by atoms with Crippen LogP contribution in [-0.4, -0.2) is 149 Å². The first-order valence-corrected chi connectivity index (χ1v) is 40.7. The van der Waals surface area contributed by atoms with Gasteiger partial charge in [0, 0.05) is 102 Å². The largest absolute Gasteiger partial charge is 0.490 e. The third-order valence-corrected chi connectivity index (χ3v) is 25.4. The van der Waals surface area contributed by atoms with Crippen molar-refractivity contribution in [1.82, 2.24) is 9.44 Å². The number of ether oxygens (including phenoxy) is 4. The second-order valence-electron chi connectivity index (χ2n) is 26.9. The average molecular weight is 1370 g/mol. The van der Waals surface area contributed by atoms with Crippen LogP contribution in [0.4, 0.5) is 11.4 Å². The number of rotatable bonds is 8. The first kappa shape index (κ1) is 69.0. The molecule has 16 nitrogen and oxygen atoms in total. The Morgan fingerprint density at radius 3 is 1.60 bits per heavy atom. The fourth-order valence-corrected chi connectivity index (χ4v) is 18.8. The summed E-state index contributed by atoms with van der Waals surface area (Å²) in [5.41, 5.74) is 7.14. The lowest BCUT2D eigenvalue weighted by molar-refractivity contribution is -0.0416. The van der Waals surface area contributed by atoms with Gasteiger partial charge in [-0.3, -0.25) is 19.0 Å². The monoisotopic (exact) mass is 1370 g/mol. The van der Waals surface area contributed by atoms with Crippen LogP contribution < -0.4 is 28.7 Å². The third kappa shape index (κ3) is 16.8. The van der Waals surface area contributed by atoms with E-state index in [0.29, 0.717) is 73.7 Å². The second kappa shape index (κ2) is 28.7. The molecule has 0 saturated heterocycles. The van der Waals surface area contributed by atoms with Crippen molar-refractivity contribution in [1.29, 1.82) is 0 Å². The number of halogens is 2. The number of nitrogens with one attached hydrogen (secondary N) is 2. The Morgan fingerprint density at radius 2 is 1.11 bits per heavy atom. The average Bonchev–Trinajstić information content (AvgIpc) is 1.73. The summed E-state index contributed by atoms with van der Waals surface area (Å²) >= 11 is 12.8. The highest BCUT2D eigenvalue weighted by Gasteiger charge is 2.47. The molecule has 4 aliphatic carbocycles. The van der Waals surface area contributed by atoms with Crippen LogP contribution in [0.15, 0.2) is 84.9 Å². The number of carbonyl (C=O) groups excluding carboxylic acids is 2. The zero-order valence-electron chi connectivity index (χ0n) is 51.9. The Morgan fingerprint density at radius 1 is 0.615 bits per heavy atom. The number of anilines is 2. The van der Waals surface area contributed by atoms with Crippen LogP contribution in [0.3, 0.4) is 0 Å². The first-order valence-electron chi connectivity index (χ1n) is 32.0. The molecule has 4 aromatic rings. The van der Waals surface area contributed by atoms with Gasteiger partial charge in [-0.15, -0.1) is 0 Å². The van der Waals surface area contributed by atoms with E-state index in [1.165, 1.54) is 34.8 Å². The Bertz CT molecular complexity index is 3830. The van der Waals surface area contributed by atoms with Gasteiger partial charge >= 0.3 is 0 Å². The van der Waals surface area contributed by atoms with Gasteiger partial charge < -0.3 is 28.7 Å². The molecule has 2 spiro atoms. The van der Waals surface area contributed by atoms with E-state index >= 15 is 0 Å². The molecule has 0 aromatic heterocycles. The SMILES string of the molecule is C.C=S1(=O)CCC/C=C/[C@@H](OCCS(C)(=O)=O)[C@@H]2CC[C@H]2CN2C[C@@]3(CCCc4cc(Cl)ccc43)COc3ccc(cc32)C(=O)N1.C=S1(=O)CCCCC[C@@H](OCCS(C)(=O)=O)[C@@H]2CC[C@H]2CN2C[C@@]3(CCCc4cc(Cl)ccc43)COc3ccc(cc32)C(=O)N1. The van der Waals surface area contributed by atoms with E-state index in [0.717, 1.165) is 136 Å². The second-order valence-corrected chi connectivity index (χ2v) is 36.8. The zero-order chi connectivity index (χ0) is 63.6. The molecular formula is C69H92Cl2N4O12S4. The molecule has 4 bridgehead atoms. The summed E-state index contributed by atoms with van der Waals surface area (Å²) in [5, 5.41) is 1.48. The maximum atomic E-state index is 13.4. The molecular weight excluding hydrogens is 1280 g/mol. The smallest absolute Gasteiger partial charge is 0.262 e. The summed E-state index contributed by atoms with van der Waals surface area (Å²) in [6, 6.07) is 23.4. The normalized spacial score (nSPS) is 30.5. The van der Waals surface area contributed by atoms with Crippen molar-refractivity contribution in [3.05, 3.63) is 128 Å². The summed E-state index contributed by atoms with van der Waals surface area (Å²) in [6.45, 7) is 4.32. The highest BCUT2D eigenvalue weighted by molar-refractivity contribution is 7.99. The number of benzene rings is 4. The molecule has 4 aromatic carbocycles. The highest BCUT2D eigenvalue weighted by atomic mass is 35.5. The Balaban J connectivity index is 0.000000198. The Kier molecular flexibility index (Phi) is 21.7. The van der Waals surface area contributed by atoms with Crippen molar-refractivity contribution in [3.63, 3.8) is 0 Å². The van der Waals surface area contributed by atoms with E-state index in [4.69, 9.17) is 42.1 Å². The van der Waals surface area contributed by atoms with Crippen LogP contribution >= 0.6 is 23.2 Å². The molecule has 2 unspecified atom stereocenters. The number of carbonyl (C=O) groups is 2. The van der Waals surface area contributed by atoms with Gasteiger partial charge in [0.2, 0.25) is 0 Å². The molecule has 2 saturated carbocycles. The summed E-state index contributed by atoms with van der Waals surface area (Å²) in [7, 11) is -11.9. The van der Waals surface area contributed by atoms with Crippen LogP contribution in [0.2, 0.25) is 10.0 Å². The van der Waals surface area contributed by atoms with Crippen molar-refractivity contribution in [2.45, 2.75) is 133 Å². The molecule has 498 valence electrons. The molecule has 2 amide bonds. The van der Waals surface area contributed by atoms with Gasteiger partial charge in [-0.2, -0.15) is 0 Å². The highest BCUT2D eigenvalue weighted by Crippen LogP contribution is 2.50. The van der Waals surface area contributed by atoms with Crippen molar-refractivity contribution < 1.29 is 53.8 Å². The van der Waals surface area contributed by atoms with E-state index in [1.807, 2.05) is 42.5 Å². The summed E-state index contributed by atoms with van der Waals surface area (Å²) in [6.07, 6.45) is 20.8. The quantitative estimate of drug-likeness (QED) is 0.124. The maximum absolute atomic E-state index is 13.4. The molecule has 2 fully saturated rings. The summed E-state index contributed by atoms with van der Waals surface area (Å²) in [4.78, 5) is 31.5. The summed E-state index contributed by atoms with van der Waals surface area (Å²) < 4.78 is 105. The fraction of sp³-hybridized carbons (Fsp3) is 0.565. The predicted molar refractivity (Wildman–Crippen MR) is 371 cm³/mol. The van der Waals surface area contributed by atoms with Crippen molar-refractivity contribution in [2.24, 2.45) is 23.7 Å². The number of hydrogen-bond acceptors (Lipinski definition) is 14. The van der Waals surface area contributed by atoms with Gasteiger partial charge in [0.15, 0.2) is 0 Å². The molecule has 4 heterocycles.